The van der Waals surface area contributed by atoms with Crippen molar-refractivity contribution in [1.82, 2.24) is 5.32 Å². The summed E-state index contributed by atoms with van der Waals surface area (Å²) in [5.41, 5.74) is -0.0954. The van der Waals surface area contributed by atoms with Gasteiger partial charge in [-0.3, -0.25) is 4.57 Å². The van der Waals surface area contributed by atoms with E-state index < -0.39 is 31.3 Å². The molecule has 0 radical (unpaired) electrons. The van der Waals surface area contributed by atoms with Crippen LogP contribution in [0.15, 0.2) is 24.3 Å². The van der Waals surface area contributed by atoms with Gasteiger partial charge in [-0.05, 0) is 38.5 Å². The lowest BCUT2D eigenvalue weighted by Crippen LogP contribution is -2.44. The number of hydrogen-bond donors (Lipinski definition) is 2. The predicted molar refractivity (Wildman–Crippen MR) is 92.2 cm³/mol. The summed E-state index contributed by atoms with van der Waals surface area (Å²) < 4.78 is 27.1. The van der Waals surface area contributed by atoms with Crippen LogP contribution in [0.25, 0.3) is 0 Å². The molecule has 8 nitrogen and oxygen atoms in total. The fraction of sp³-hybridized carbons (Fsp3) is 0.500. The molecule has 9 heteroatoms. The molecule has 0 heterocycles. The van der Waals surface area contributed by atoms with Gasteiger partial charge in [0.15, 0.2) is 0 Å². The van der Waals surface area contributed by atoms with Crippen molar-refractivity contribution < 1.29 is 33.0 Å². The molecule has 0 aromatic heterocycles. The molecule has 1 aromatic rings. The molecule has 140 valence electrons. The van der Waals surface area contributed by atoms with E-state index in [2.05, 4.69) is 5.32 Å². The topological polar surface area (TPSA) is 111 Å². The molecule has 0 aliphatic heterocycles. The summed E-state index contributed by atoms with van der Waals surface area (Å²) in [5, 5.41) is 12.0. The summed E-state index contributed by atoms with van der Waals surface area (Å²) in [5.74, 6) is -1.19. The van der Waals surface area contributed by atoms with Crippen LogP contribution in [0.2, 0.25) is 0 Å². The van der Waals surface area contributed by atoms with E-state index in [9.17, 15) is 19.3 Å². The van der Waals surface area contributed by atoms with E-state index in [1.165, 1.54) is 26.4 Å². The van der Waals surface area contributed by atoms with Crippen LogP contribution in [0.5, 0.6) is 0 Å². The van der Waals surface area contributed by atoms with Crippen molar-refractivity contribution in [2.24, 2.45) is 0 Å². The van der Waals surface area contributed by atoms with E-state index in [1.54, 1.807) is 32.9 Å². The molecule has 1 aromatic carbocycles. The van der Waals surface area contributed by atoms with Crippen molar-refractivity contribution in [3.63, 3.8) is 0 Å². The number of carboxylic acids is 1. The number of carbonyl (C=O) groups excluding carboxylic acids is 1. The highest BCUT2D eigenvalue weighted by molar-refractivity contribution is 7.62. The summed E-state index contributed by atoms with van der Waals surface area (Å²) >= 11 is 0. The first-order chi connectivity index (χ1) is 11.5. The average molecular weight is 373 g/mol. The minimum Gasteiger partial charge on any atom is -0.480 e. The number of carboxylic acid groups (broad SMARTS) is 1. The van der Waals surface area contributed by atoms with Gasteiger partial charge in [-0.25, -0.2) is 9.59 Å². The van der Waals surface area contributed by atoms with E-state index in [-0.39, 0.29) is 6.42 Å². The van der Waals surface area contributed by atoms with Gasteiger partial charge >= 0.3 is 19.7 Å². The van der Waals surface area contributed by atoms with Crippen LogP contribution >= 0.6 is 7.60 Å². The summed E-state index contributed by atoms with van der Waals surface area (Å²) in [4.78, 5) is 23.1. The Kier molecular flexibility index (Phi) is 7.17. The summed E-state index contributed by atoms with van der Waals surface area (Å²) in [6.07, 6.45) is -0.765. The van der Waals surface area contributed by atoms with Crippen LogP contribution in [-0.2, 0) is 29.6 Å². The number of rotatable bonds is 7. The van der Waals surface area contributed by atoms with Gasteiger partial charge in [0, 0.05) is 20.6 Å². The van der Waals surface area contributed by atoms with Crippen LogP contribution in [0.3, 0.4) is 0 Å². The van der Waals surface area contributed by atoms with Gasteiger partial charge in [-0.1, -0.05) is 12.1 Å². The van der Waals surface area contributed by atoms with E-state index in [4.69, 9.17) is 13.8 Å². The lowest BCUT2D eigenvalue weighted by molar-refractivity contribution is -0.139. The zero-order valence-electron chi connectivity index (χ0n) is 14.9. The molecule has 2 N–H and O–H groups in total. The molecule has 1 rings (SSSR count). The third-order valence-electron chi connectivity index (χ3n) is 3.16. The Labute approximate surface area is 147 Å². The van der Waals surface area contributed by atoms with Gasteiger partial charge in [0.25, 0.3) is 0 Å². The zero-order valence-corrected chi connectivity index (χ0v) is 15.8. The summed E-state index contributed by atoms with van der Waals surface area (Å²) in [7, 11) is -0.797. The van der Waals surface area contributed by atoms with Crippen LogP contribution in [0, 0.1) is 0 Å². The summed E-state index contributed by atoms with van der Waals surface area (Å²) in [6.45, 7) is 5.06. The molecule has 0 unspecified atom stereocenters. The van der Waals surface area contributed by atoms with E-state index in [0.717, 1.165) is 0 Å². The number of aliphatic carboxylic acids is 1. The second kappa shape index (κ2) is 8.47. The Bertz CT molecular complexity index is 643. The Morgan fingerprint density at radius 1 is 1.16 bits per heavy atom. The molecule has 0 aliphatic carbocycles. The van der Waals surface area contributed by atoms with Crippen LogP contribution in [0.4, 0.5) is 4.79 Å². The first kappa shape index (κ1) is 21.2. The molecule has 0 aliphatic rings. The molecular weight excluding hydrogens is 349 g/mol. The quantitative estimate of drug-likeness (QED) is 0.706. The fourth-order valence-corrected chi connectivity index (χ4v) is 3.07. The maximum Gasteiger partial charge on any atom is 0.408 e. The summed E-state index contributed by atoms with van der Waals surface area (Å²) in [6, 6.07) is 5.13. The molecule has 0 saturated heterocycles. The van der Waals surface area contributed by atoms with E-state index in [1.807, 2.05) is 0 Å². The number of carbonyl (C=O) groups is 2. The highest BCUT2D eigenvalue weighted by Crippen LogP contribution is 2.44. The lowest BCUT2D eigenvalue weighted by atomic mass is 10.1. The SMILES string of the molecule is COP(=O)(OC)c1ccc(C[C@H](NC(=O)OC(C)(C)C)C(=O)O)cc1. The lowest BCUT2D eigenvalue weighted by Gasteiger charge is -2.22. The zero-order chi connectivity index (χ0) is 19.3. The molecule has 1 amide bonds. The minimum atomic E-state index is -3.36. The molecule has 25 heavy (non-hydrogen) atoms. The fourth-order valence-electron chi connectivity index (χ4n) is 1.99. The molecule has 0 fully saturated rings. The van der Waals surface area contributed by atoms with Gasteiger partial charge in [0.1, 0.15) is 11.6 Å². The normalized spacial score (nSPS) is 13.2. The third-order valence-corrected chi connectivity index (χ3v) is 5.05. The van der Waals surface area contributed by atoms with Crippen LogP contribution < -0.4 is 10.6 Å². The van der Waals surface area contributed by atoms with Gasteiger partial charge in [0.05, 0.1) is 5.30 Å². The monoisotopic (exact) mass is 373 g/mol. The van der Waals surface area contributed by atoms with Gasteiger partial charge in [-0.15, -0.1) is 0 Å². The minimum absolute atomic E-state index is 0.0408. The van der Waals surface area contributed by atoms with Crippen LogP contribution in [0.1, 0.15) is 26.3 Å². The number of ether oxygens (including phenoxy) is 1. The van der Waals surface area contributed by atoms with Crippen LogP contribution in [-0.4, -0.2) is 43.0 Å². The number of benzene rings is 1. The average Bonchev–Trinajstić information content (AvgIpc) is 2.52. The Hall–Kier alpha value is -1.89. The first-order valence-corrected chi connectivity index (χ1v) is 9.08. The first-order valence-electron chi connectivity index (χ1n) is 7.54. The molecule has 0 spiro atoms. The van der Waals surface area contributed by atoms with Crippen molar-refractivity contribution in [2.45, 2.75) is 38.8 Å². The molecule has 1 atom stereocenters. The van der Waals surface area contributed by atoms with Crippen molar-refractivity contribution in [1.29, 1.82) is 0 Å². The number of nitrogens with one attached hydrogen (secondary N) is 1. The number of hydrogen-bond acceptors (Lipinski definition) is 6. The smallest absolute Gasteiger partial charge is 0.408 e. The van der Waals surface area contributed by atoms with Crippen molar-refractivity contribution in [3.05, 3.63) is 29.8 Å². The maximum atomic E-state index is 12.3. The van der Waals surface area contributed by atoms with Gasteiger partial charge in [-0.2, -0.15) is 0 Å². The second-order valence-electron chi connectivity index (χ2n) is 6.27. The highest BCUT2D eigenvalue weighted by atomic mass is 31.2. The van der Waals surface area contributed by atoms with E-state index >= 15 is 0 Å². The second-order valence-corrected chi connectivity index (χ2v) is 8.51. The van der Waals surface area contributed by atoms with Crippen molar-refractivity contribution in [3.8, 4) is 0 Å². The number of amides is 1. The Morgan fingerprint density at radius 3 is 2.08 bits per heavy atom. The highest BCUT2D eigenvalue weighted by Gasteiger charge is 2.26. The van der Waals surface area contributed by atoms with Gasteiger partial charge in [0.2, 0.25) is 0 Å². The molecular formula is C16H24NO7P. The molecule has 0 saturated carbocycles. The Balaban J connectivity index is 2.84. The van der Waals surface area contributed by atoms with Crippen molar-refractivity contribution in [2.75, 3.05) is 14.2 Å². The van der Waals surface area contributed by atoms with Gasteiger partial charge < -0.3 is 24.2 Å². The predicted octanol–water partition coefficient (Wildman–Crippen LogP) is 2.32. The number of alkyl carbamates (subject to hydrolysis) is 1. The molecule has 0 bridgehead atoms. The van der Waals surface area contributed by atoms with Crippen molar-refractivity contribution >= 4 is 25.0 Å². The standard InChI is InChI=1S/C16H24NO7P/c1-16(2,3)24-15(20)17-13(14(18)19)10-11-6-8-12(9-7-11)25(21,22-4)23-5/h6-9,13H,10H2,1-5H3,(H,17,20)(H,18,19)/t13-/m0/s1. The maximum absolute atomic E-state index is 12.3. The largest absolute Gasteiger partial charge is 0.480 e. The third kappa shape index (κ3) is 6.49. The Morgan fingerprint density at radius 2 is 1.68 bits per heavy atom. The van der Waals surface area contributed by atoms with E-state index in [0.29, 0.717) is 10.9 Å².